The van der Waals surface area contributed by atoms with Crippen LogP contribution in [-0.4, -0.2) is 42.0 Å². The van der Waals surface area contributed by atoms with E-state index in [1.165, 1.54) is 11.2 Å². The van der Waals surface area contributed by atoms with E-state index in [1.54, 1.807) is 12.1 Å². The van der Waals surface area contributed by atoms with Gasteiger partial charge in [-0.25, -0.2) is 0 Å². The Morgan fingerprint density at radius 3 is 2.63 bits per heavy atom. The van der Waals surface area contributed by atoms with Crippen LogP contribution >= 0.6 is 0 Å². The molecule has 2 rings (SSSR count). The zero-order chi connectivity index (χ0) is 13.8. The summed E-state index contributed by atoms with van der Waals surface area (Å²) in [5, 5.41) is 2.55. The van der Waals surface area contributed by atoms with Gasteiger partial charge in [-0.3, -0.25) is 9.59 Å². The molecule has 2 heterocycles. The molecule has 0 aromatic carbocycles. The molecule has 6 heteroatoms. The number of carbonyl (C=O) groups excluding carboxylic acids is 2. The largest absolute Gasteiger partial charge is 0.467 e. The van der Waals surface area contributed by atoms with Crippen LogP contribution in [0.3, 0.4) is 0 Å². The fraction of sp³-hybridized carbons (Fsp3) is 0.538. The summed E-state index contributed by atoms with van der Waals surface area (Å²) in [5.74, 6) is -0.517. The van der Waals surface area contributed by atoms with E-state index >= 15 is 0 Å². The maximum atomic E-state index is 12.0. The highest BCUT2D eigenvalue weighted by Gasteiger charge is 2.29. The average molecular weight is 266 g/mol. The van der Waals surface area contributed by atoms with Gasteiger partial charge in [-0.1, -0.05) is 0 Å². The molecule has 2 amide bonds. The number of morpholine rings is 1. The van der Waals surface area contributed by atoms with Crippen molar-refractivity contribution in [2.45, 2.75) is 32.6 Å². The van der Waals surface area contributed by atoms with Gasteiger partial charge in [0.15, 0.2) is 0 Å². The molecule has 1 aliphatic rings. The van der Waals surface area contributed by atoms with Gasteiger partial charge in [-0.15, -0.1) is 0 Å². The van der Waals surface area contributed by atoms with Crippen LogP contribution in [0.1, 0.15) is 19.6 Å². The van der Waals surface area contributed by atoms with E-state index in [9.17, 15) is 9.59 Å². The van der Waals surface area contributed by atoms with Crippen molar-refractivity contribution < 1.29 is 18.7 Å². The van der Waals surface area contributed by atoms with Gasteiger partial charge in [-0.2, -0.15) is 0 Å². The molecule has 2 unspecified atom stereocenters. The lowest BCUT2D eigenvalue weighted by atomic mass is 10.2. The average Bonchev–Trinajstić information content (AvgIpc) is 2.87. The van der Waals surface area contributed by atoms with Crippen LogP contribution in [0.4, 0.5) is 0 Å². The van der Waals surface area contributed by atoms with Crippen LogP contribution in [0.2, 0.25) is 0 Å². The molecule has 1 aliphatic heterocycles. The van der Waals surface area contributed by atoms with Crippen LogP contribution in [0.25, 0.3) is 0 Å². The van der Waals surface area contributed by atoms with E-state index in [-0.39, 0.29) is 18.8 Å². The Kier molecular flexibility index (Phi) is 4.21. The first kappa shape index (κ1) is 13.6. The highest BCUT2D eigenvalue weighted by Crippen LogP contribution is 2.10. The minimum atomic E-state index is -0.613. The van der Waals surface area contributed by atoms with Gasteiger partial charge in [0, 0.05) is 13.1 Å². The number of hydrogen-bond donors (Lipinski definition) is 1. The molecular formula is C13H18N2O4. The Hall–Kier alpha value is -1.82. The Balaban J connectivity index is 1.86. The van der Waals surface area contributed by atoms with Crippen molar-refractivity contribution in [3.05, 3.63) is 24.2 Å². The predicted octanol–water partition coefficient (Wildman–Crippen LogP) is 0.532. The Morgan fingerprint density at radius 1 is 1.37 bits per heavy atom. The summed E-state index contributed by atoms with van der Waals surface area (Å²) in [5.41, 5.74) is 0. The second-order valence-corrected chi connectivity index (χ2v) is 4.73. The van der Waals surface area contributed by atoms with Gasteiger partial charge in [0.2, 0.25) is 0 Å². The topological polar surface area (TPSA) is 71.8 Å². The molecule has 0 spiro atoms. The second-order valence-electron chi connectivity index (χ2n) is 4.73. The van der Waals surface area contributed by atoms with Crippen molar-refractivity contribution in [2.24, 2.45) is 0 Å². The molecule has 104 valence electrons. The summed E-state index contributed by atoms with van der Waals surface area (Å²) in [6.07, 6.45) is 1.42. The number of furan rings is 1. The summed E-state index contributed by atoms with van der Waals surface area (Å²) in [7, 11) is 0. The Labute approximate surface area is 111 Å². The third-order valence-corrected chi connectivity index (χ3v) is 2.90. The highest BCUT2D eigenvalue weighted by atomic mass is 16.5. The number of rotatable bonds is 2. The number of nitrogens with zero attached hydrogens (tertiary/aromatic N) is 1. The van der Waals surface area contributed by atoms with E-state index < -0.39 is 11.8 Å². The minimum Gasteiger partial charge on any atom is -0.467 e. The van der Waals surface area contributed by atoms with Gasteiger partial charge in [0.1, 0.15) is 5.76 Å². The maximum Gasteiger partial charge on any atom is 0.312 e. The first-order valence-corrected chi connectivity index (χ1v) is 6.31. The normalized spacial score (nSPS) is 23.2. The fourth-order valence-corrected chi connectivity index (χ4v) is 2.14. The fourth-order valence-electron chi connectivity index (χ4n) is 2.14. The van der Waals surface area contributed by atoms with Crippen molar-refractivity contribution in [1.82, 2.24) is 10.2 Å². The van der Waals surface area contributed by atoms with Crippen LogP contribution < -0.4 is 5.32 Å². The smallest absolute Gasteiger partial charge is 0.312 e. The standard InChI is InChI=1S/C13H18N2O4/c1-9-7-15(8-10(2)19-9)13(17)12(16)14-6-11-4-3-5-18-11/h3-5,9-10H,6-8H2,1-2H3,(H,14,16). The molecule has 1 fully saturated rings. The first-order chi connectivity index (χ1) is 9.06. The Morgan fingerprint density at radius 2 is 2.05 bits per heavy atom. The predicted molar refractivity (Wildman–Crippen MR) is 67.1 cm³/mol. The summed E-state index contributed by atoms with van der Waals surface area (Å²) >= 11 is 0. The molecule has 0 bridgehead atoms. The second kappa shape index (κ2) is 5.88. The monoisotopic (exact) mass is 266 g/mol. The van der Waals surface area contributed by atoms with Crippen molar-refractivity contribution in [1.29, 1.82) is 0 Å². The molecular weight excluding hydrogens is 248 g/mol. The van der Waals surface area contributed by atoms with Crippen LogP contribution in [-0.2, 0) is 20.9 Å². The third kappa shape index (κ3) is 3.57. The van der Waals surface area contributed by atoms with Crippen molar-refractivity contribution in [3.63, 3.8) is 0 Å². The number of nitrogens with one attached hydrogen (secondary N) is 1. The summed E-state index contributed by atoms with van der Waals surface area (Å²) < 4.78 is 10.6. The van der Waals surface area contributed by atoms with Crippen molar-refractivity contribution in [2.75, 3.05) is 13.1 Å². The zero-order valence-electron chi connectivity index (χ0n) is 11.1. The van der Waals surface area contributed by atoms with Crippen molar-refractivity contribution in [3.8, 4) is 0 Å². The number of carbonyl (C=O) groups is 2. The quantitative estimate of drug-likeness (QED) is 0.793. The molecule has 1 aromatic rings. The van der Waals surface area contributed by atoms with Gasteiger partial charge >= 0.3 is 11.8 Å². The molecule has 1 N–H and O–H groups in total. The number of amides is 2. The van der Waals surface area contributed by atoms with Crippen LogP contribution in [0.15, 0.2) is 22.8 Å². The molecule has 6 nitrogen and oxygen atoms in total. The van der Waals surface area contributed by atoms with E-state index in [2.05, 4.69) is 5.32 Å². The van der Waals surface area contributed by atoms with Gasteiger partial charge in [0.05, 0.1) is 25.0 Å². The SMILES string of the molecule is CC1CN(C(=O)C(=O)NCc2ccco2)CC(C)O1. The van der Waals surface area contributed by atoms with Gasteiger partial charge < -0.3 is 19.4 Å². The third-order valence-electron chi connectivity index (χ3n) is 2.90. The molecule has 0 saturated carbocycles. The Bertz CT molecular complexity index is 434. The molecule has 1 aromatic heterocycles. The number of hydrogen-bond acceptors (Lipinski definition) is 4. The summed E-state index contributed by atoms with van der Waals surface area (Å²) in [6.45, 7) is 4.87. The number of ether oxygens (including phenoxy) is 1. The maximum absolute atomic E-state index is 12.0. The highest BCUT2D eigenvalue weighted by molar-refractivity contribution is 6.35. The lowest BCUT2D eigenvalue weighted by Crippen LogP contribution is -2.52. The van der Waals surface area contributed by atoms with E-state index in [0.717, 1.165) is 0 Å². The van der Waals surface area contributed by atoms with E-state index in [1.807, 2.05) is 13.8 Å². The van der Waals surface area contributed by atoms with E-state index in [4.69, 9.17) is 9.15 Å². The van der Waals surface area contributed by atoms with Gasteiger partial charge in [-0.05, 0) is 26.0 Å². The zero-order valence-corrected chi connectivity index (χ0v) is 11.1. The lowest BCUT2D eigenvalue weighted by molar-refractivity contribution is -0.153. The summed E-state index contributed by atoms with van der Waals surface area (Å²) in [6, 6.07) is 3.47. The first-order valence-electron chi connectivity index (χ1n) is 6.31. The molecule has 0 radical (unpaired) electrons. The van der Waals surface area contributed by atoms with E-state index in [0.29, 0.717) is 18.8 Å². The molecule has 0 aliphatic carbocycles. The minimum absolute atomic E-state index is 0.0504. The van der Waals surface area contributed by atoms with Crippen LogP contribution in [0, 0.1) is 0 Å². The molecule has 1 saturated heterocycles. The molecule has 19 heavy (non-hydrogen) atoms. The summed E-state index contributed by atoms with van der Waals surface area (Å²) in [4.78, 5) is 25.3. The van der Waals surface area contributed by atoms with Crippen molar-refractivity contribution >= 4 is 11.8 Å². The lowest BCUT2D eigenvalue weighted by Gasteiger charge is -2.34. The molecule has 2 atom stereocenters. The van der Waals surface area contributed by atoms with Gasteiger partial charge in [0.25, 0.3) is 0 Å². The van der Waals surface area contributed by atoms with Crippen LogP contribution in [0.5, 0.6) is 0 Å².